The van der Waals surface area contributed by atoms with Crippen LogP contribution < -0.4 is 15.0 Å². The molecule has 1 fully saturated rings. The summed E-state index contributed by atoms with van der Waals surface area (Å²) in [6, 6.07) is 11.3. The molecule has 3 rings (SSSR count). The molecule has 0 aliphatic carbocycles. The molecule has 0 radical (unpaired) electrons. The van der Waals surface area contributed by atoms with Gasteiger partial charge in [-0.25, -0.2) is 4.79 Å². The monoisotopic (exact) mass is 415 g/mol. The van der Waals surface area contributed by atoms with Gasteiger partial charge in [-0.3, -0.25) is 0 Å². The number of urea groups is 1. The van der Waals surface area contributed by atoms with Gasteiger partial charge in [-0.1, -0.05) is 26.0 Å². The van der Waals surface area contributed by atoms with E-state index in [9.17, 15) is 4.79 Å². The van der Waals surface area contributed by atoms with Crippen LogP contribution in [0.25, 0.3) is 0 Å². The zero-order valence-corrected chi connectivity index (χ0v) is 18.2. The van der Waals surface area contributed by atoms with Crippen LogP contribution in [-0.4, -0.2) is 56.9 Å². The summed E-state index contributed by atoms with van der Waals surface area (Å²) in [7, 11) is 0. The van der Waals surface area contributed by atoms with E-state index in [0.29, 0.717) is 44.6 Å². The van der Waals surface area contributed by atoms with E-state index in [-0.39, 0.29) is 12.1 Å². The van der Waals surface area contributed by atoms with Gasteiger partial charge in [-0.15, -0.1) is 0 Å². The minimum absolute atomic E-state index is 0.0951. The summed E-state index contributed by atoms with van der Waals surface area (Å²) in [5, 5.41) is 3.07. The molecule has 1 atom stereocenters. The summed E-state index contributed by atoms with van der Waals surface area (Å²) in [6.45, 7) is 10.6. The van der Waals surface area contributed by atoms with E-state index in [1.807, 2.05) is 42.2 Å². The fourth-order valence-electron chi connectivity index (χ4n) is 3.49. The standard InChI is InChI=1S/C23H33N3O4/c1-4-29-22-9-6-5-8-20(22)25-11-13-26(14-12-25)23(27)24-19(17-28-16-18(2)3)21-10-7-15-30-21/h5-10,15,18-19H,4,11-14,16-17H2,1-3H3,(H,24,27). The van der Waals surface area contributed by atoms with Crippen molar-refractivity contribution in [2.24, 2.45) is 5.92 Å². The molecule has 1 N–H and O–H groups in total. The molecule has 7 heteroatoms. The van der Waals surface area contributed by atoms with Crippen molar-refractivity contribution in [3.05, 3.63) is 48.4 Å². The highest BCUT2D eigenvalue weighted by Crippen LogP contribution is 2.29. The summed E-state index contributed by atoms with van der Waals surface area (Å²) >= 11 is 0. The Kier molecular flexibility index (Phi) is 8.02. The Morgan fingerprint density at radius 2 is 1.87 bits per heavy atom. The van der Waals surface area contributed by atoms with Crippen LogP contribution in [0.1, 0.15) is 32.6 Å². The van der Waals surface area contributed by atoms with Crippen LogP contribution in [0.15, 0.2) is 47.1 Å². The van der Waals surface area contributed by atoms with E-state index >= 15 is 0 Å². The second-order valence-corrected chi connectivity index (χ2v) is 7.82. The Hall–Kier alpha value is -2.67. The molecule has 0 bridgehead atoms. The van der Waals surface area contributed by atoms with Crippen LogP contribution in [0.2, 0.25) is 0 Å². The van der Waals surface area contributed by atoms with Gasteiger partial charge in [0.25, 0.3) is 0 Å². The van der Waals surface area contributed by atoms with Crippen LogP contribution in [0.3, 0.4) is 0 Å². The lowest BCUT2D eigenvalue weighted by atomic mass is 10.2. The Morgan fingerprint density at radius 1 is 1.10 bits per heavy atom. The second-order valence-electron chi connectivity index (χ2n) is 7.82. The number of hydrogen-bond donors (Lipinski definition) is 1. The van der Waals surface area contributed by atoms with Crippen molar-refractivity contribution in [2.45, 2.75) is 26.8 Å². The van der Waals surface area contributed by atoms with Gasteiger partial charge in [0.2, 0.25) is 0 Å². The molecule has 2 aromatic rings. The number of benzene rings is 1. The van der Waals surface area contributed by atoms with Gasteiger partial charge in [0.1, 0.15) is 17.6 Å². The van der Waals surface area contributed by atoms with E-state index < -0.39 is 0 Å². The smallest absolute Gasteiger partial charge is 0.318 e. The van der Waals surface area contributed by atoms with Crippen LogP contribution in [0, 0.1) is 5.92 Å². The normalized spacial score (nSPS) is 15.3. The average molecular weight is 416 g/mol. The van der Waals surface area contributed by atoms with E-state index in [1.54, 1.807) is 6.26 Å². The summed E-state index contributed by atoms with van der Waals surface area (Å²) in [5.74, 6) is 2.03. The largest absolute Gasteiger partial charge is 0.492 e. The third-order valence-electron chi connectivity index (χ3n) is 4.99. The highest BCUT2D eigenvalue weighted by atomic mass is 16.5. The first-order valence-corrected chi connectivity index (χ1v) is 10.7. The Bertz CT molecular complexity index is 771. The van der Waals surface area contributed by atoms with Crippen LogP contribution in [-0.2, 0) is 4.74 Å². The first-order chi connectivity index (χ1) is 14.6. The minimum Gasteiger partial charge on any atom is -0.492 e. The number of ether oxygens (including phenoxy) is 2. The molecule has 2 amide bonds. The molecule has 1 unspecified atom stereocenters. The van der Waals surface area contributed by atoms with Gasteiger partial charge in [-0.05, 0) is 37.1 Å². The van der Waals surface area contributed by atoms with Crippen molar-refractivity contribution in [1.82, 2.24) is 10.2 Å². The van der Waals surface area contributed by atoms with E-state index in [2.05, 4.69) is 30.1 Å². The van der Waals surface area contributed by atoms with Crippen LogP contribution in [0.4, 0.5) is 10.5 Å². The zero-order valence-electron chi connectivity index (χ0n) is 18.2. The van der Waals surface area contributed by atoms with Crippen molar-refractivity contribution in [3.63, 3.8) is 0 Å². The fraction of sp³-hybridized carbons (Fsp3) is 0.522. The number of amides is 2. The molecular weight excluding hydrogens is 382 g/mol. The maximum atomic E-state index is 12.9. The molecule has 30 heavy (non-hydrogen) atoms. The number of hydrogen-bond acceptors (Lipinski definition) is 5. The number of nitrogens with zero attached hydrogens (tertiary/aromatic N) is 2. The Morgan fingerprint density at radius 3 is 2.53 bits per heavy atom. The molecule has 1 aliphatic heterocycles. The fourth-order valence-corrected chi connectivity index (χ4v) is 3.49. The van der Waals surface area contributed by atoms with Crippen molar-refractivity contribution < 1.29 is 18.7 Å². The number of carbonyl (C=O) groups is 1. The lowest BCUT2D eigenvalue weighted by Gasteiger charge is -2.37. The number of anilines is 1. The predicted octanol–water partition coefficient (Wildman–Crippen LogP) is 3.92. The lowest BCUT2D eigenvalue weighted by Crippen LogP contribution is -2.52. The van der Waals surface area contributed by atoms with E-state index in [0.717, 1.165) is 24.5 Å². The van der Waals surface area contributed by atoms with Gasteiger partial charge in [0, 0.05) is 32.8 Å². The van der Waals surface area contributed by atoms with E-state index in [1.165, 1.54) is 0 Å². The third kappa shape index (κ3) is 5.92. The van der Waals surface area contributed by atoms with Gasteiger partial charge >= 0.3 is 6.03 Å². The number of rotatable bonds is 9. The number of nitrogens with one attached hydrogen (secondary N) is 1. The Balaban J connectivity index is 1.56. The van der Waals surface area contributed by atoms with Crippen LogP contribution >= 0.6 is 0 Å². The van der Waals surface area contributed by atoms with Crippen molar-refractivity contribution in [2.75, 3.05) is 50.9 Å². The molecule has 0 saturated carbocycles. The van der Waals surface area contributed by atoms with Gasteiger partial charge in [0.05, 0.1) is 25.2 Å². The molecule has 0 spiro atoms. The van der Waals surface area contributed by atoms with E-state index in [4.69, 9.17) is 13.9 Å². The minimum atomic E-state index is -0.303. The number of piperazine rings is 1. The van der Waals surface area contributed by atoms with Gasteiger partial charge in [-0.2, -0.15) is 0 Å². The molecule has 2 heterocycles. The van der Waals surface area contributed by atoms with Gasteiger partial charge < -0.3 is 29.0 Å². The van der Waals surface area contributed by atoms with Crippen LogP contribution in [0.5, 0.6) is 5.75 Å². The number of furan rings is 1. The average Bonchev–Trinajstić information content (AvgIpc) is 3.28. The highest BCUT2D eigenvalue weighted by Gasteiger charge is 2.26. The summed E-state index contributed by atoms with van der Waals surface area (Å²) in [5.41, 5.74) is 1.08. The number of para-hydroxylation sites is 2. The van der Waals surface area contributed by atoms with Crippen molar-refractivity contribution in [3.8, 4) is 5.75 Å². The summed E-state index contributed by atoms with van der Waals surface area (Å²) in [6.07, 6.45) is 1.62. The van der Waals surface area contributed by atoms with Crippen molar-refractivity contribution >= 4 is 11.7 Å². The number of carbonyl (C=O) groups excluding carboxylic acids is 1. The second kappa shape index (κ2) is 10.9. The molecular formula is C23H33N3O4. The third-order valence-corrected chi connectivity index (χ3v) is 4.99. The van der Waals surface area contributed by atoms with Crippen molar-refractivity contribution in [1.29, 1.82) is 0 Å². The molecule has 7 nitrogen and oxygen atoms in total. The van der Waals surface area contributed by atoms with Gasteiger partial charge in [0.15, 0.2) is 0 Å². The Labute approximate surface area is 178 Å². The first kappa shape index (κ1) is 22.0. The predicted molar refractivity (Wildman–Crippen MR) is 117 cm³/mol. The molecule has 1 saturated heterocycles. The summed E-state index contributed by atoms with van der Waals surface area (Å²) < 4.78 is 17.0. The topological polar surface area (TPSA) is 67.2 Å². The SMILES string of the molecule is CCOc1ccccc1N1CCN(C(=O)NC(COCC(C)C)c2ccco2)CC1. The quantitative estimate of drug-likeness (QED) is 0.672. The molecule has 1 aromatic carbocycles. The maximum Gasteiger partial charge on any atom is 0.318 e. The molecule has 1 aromatic heterocycles. The molecule has 164 valence electrons. The zero-order chi connectivity index (χ0) is 21.3. The lowest BCUT2D eigenvalue weighted by molar-refractivity contribution is 0.0843. The maximum absolute atomic E-state index is 12.9. The first-order valence-electron chi connectivity index (χ1n) is 10.7. The highest BCUT2D eigenvalue weighted by molar-refractivity contribution is 5.75. The molecule has 1 aliphatic rings. The summed E-state index contributed by atoms with van der Waals surface area (Å²) in [4.78, 5) is 17.0.